The number of hydrogen-bond donors (Lipinski definition) is 0. The molecule has 1 aliphatic heterocycles. The standard InChI is InChI=1S/C14H19F3N2O2/c1-10(11-3-4-11)9-12(20)18-5-2-6-19(8-7-18)13(21)14(15,16)17/h9,11H,2-8H2,1H3/b10-9+. The molecule has 0 unspecified atom stereocenters. The molecule has 1 heterocycles. The fraction of sp³-hybridized carbons (Fsp3) is 0.714. The van der Waals surface area contributed by atoms with Gasteiger partial charge in [0.05, 0.1) is 0 Å². The highest BCUT2D eigenvalue weighted by atomic mass is 19.4. The molecule has 1 saturated carbocycles. The van der Waals surface area contributed by atoms with Gasteiger partial charge in [-0.15, -0.1) is 0 Å². The van der Waals surface area contributed by atoms with Gasteiger partial charge in [0.1, 0.15) is 0 Å². The van der Waals surface area contributed by atoms with E-state index in [0.717, 1.165) is 23.3 Å². The van der Waals surface area contributed by atoms with Crippen LogP contribution in [0.15, 0.2) is 11.6 Å². The molecular formula is C14H19F3N2O2. The molecule has 21 heavy (non-hydrogen) atoms. The van der Waals surface area contributed by atoms with Crippen LogP contribution in [-0.2, 0) is 9.59 Å². The van der Waals surface area contributed by atoms with Gasteiger partial charge in [-0.3, -0.25) is 9.59 Å². The molecule has 0 aromatic rings. The zero-order valence-corrected chi connectivity index (χ0v) is 11.9. The van der Waals surface area contributed by atoms with E-state index in [1.165, 1.54) is 4.90 Å². The topological polar surface area (TPSA) is 40.6 Å². The van der Waals surface area contributed by atoms with Crippen molar-refractivity contribution in [1.82, 2.24) is 9.80 Å². The summed E-state index contributed by atoms with van der Waals surface area (Å²) < 4.78 is 37.2. The lowest BCUT2D eigenvalue weighted by Gasteiger charge is -2.22. The summed E-state index contributed by atoms with van der Waals surface area (Å²) >= 11 is 0. The first-order chi connectivity index (χ1) is 9.79. The Labute approximate surface area is 121 Å². The van der Waals surface area contributed by atoms with Crippen molar-refractivity contribution in [2.45, 2.75) is 32.4 Å². The Hall–Kier alpha value is -1.53. The van der Waals surface area contributed by atoms with Crippen LogP contribution in [0.1, 0.15) is 26.2 Å². The fourth-order valence-electron chi connectivity index (χ4n) is 2.46. The third kappa shape index (κ3) is 4.22. The number of amides is 2. The molecule has 7 heteroatoms. The highest BCUT2D eigenvalue weighted by molar-refractivity contribution is 5.88. The number of alkyl halides is 3. The quantitative estimate of drug-likeness (QED) is 0.732. The number of halogens is 3. The van der Waals surface area contributed by atoms with Gasteiger partial charge in [-0.1, -0.05) is 5.57 Å². The average molecular weight is 304 g/mol. The Morgan fingerprint density at radius 3 is 2.19 bits per heavy atom. The van der Waals surface area contributed by atoms with Crippen LogP contribution in [-0.4, -0.2) is 54.0 Å². The van der Waals surface area contributed by atoms with Crippen molar-refractivity contribution < 1.29 is 22.8 Å². The van der Waals surface area contributed by atoms with E-state index in [0.29, 0.717) is 18.9 Å². The third-order valence-corrected chi connectivity index (χ3v) is 3.91. The van der Waals surface area contributed by atoms with E-state index >= 15 is 0 Å². The Morgan fingerprint density at radius 2 is 1.62 bits per heavy atom. The Balaban J connectivity index is 1.93. The van der Waals surface area contributed by atoms with Gasteiger partial charge in [0.2, 0.25) is 5.91 Å². The van der Waals surface area contributed by atoms with Crippen molar-refractivity contribution in [1.29, 1.82) is 0 Å². The summed E-state index contributed by atoms with van der Waals surface area (Å²) in [5.41, 5.74) is 1.03. The number of carbonyl (C=O) groups is 2. The Morgan fingerprint density at radius 1 is 1.05 bits per heavy atom. The average Bonchev–Trinajstić information content (AvgIpc) is 3.22. The molecule has 0 atom stereocenters. The van der Waals surface area contributed by atoms with Crippen LogP contribution in [0.4, 0.5) is 13.2 Å². The van der Waals surface area contributed by atoms with Gasteiger partial charge >= 0.3 is 12.1 Å². The van der Waals surface area contributed by atoms with Crippen molar-refractivity contribution >= 4 is 11.8 Å². The zero-order valence-electron chi connectivity index (χ0n) is 11.9. The smallest absolute Gasteiger partial charge is 0.337 e. The van der Waals surface area contributed by atoms with Gasteiger partial charge in [0, 0.05) is 32.3 Å². The SMILES string of the molecule is C/C(=C\C(=O)N1CCCN(C(=O)C(F)(F)F)CC1)C1CC1. The summed E-state index contributed by atoms with van der Waals surface area (Å²) in [6, 6.07) is 0. The predicted octanol–water partition coefficient (Wildman–Crippen LogP) is 1.97. The summed E-state index contributed by atoms with van der Waals surface area (Å²) in [7, 11) is 0. The summed E-state index contributed by atoms with van der Waals surface area (Å²) in [5.74, 6) is -1.49. The van der Waals surface area contributed by atoms with Crippen molar-refractivity contribution in [3.63, 3.8) is 0 Å². The lowest BCUT2D eigenvalue weighted by atomic mass is 10.2. The second-order valence-corrected chi connectivity index (χ2v) is 5.63. The molecule has 0 N–H and O–H groups in total. The van der Waals surface area contributed by atoms with Crippen LogP contribution < -0.4 is 0 Å². The molecule has 2 fully saturated rings. The van der Waals surface area contributed by atoms with E-state index in [9.17, 15) is 22.8 Å². The van der Waals surface area contributed by atoms with E-state index < -0.39 is 12.1 Å². The van der Waals surface area contributed by atoms with Crippen LogP contribution in [0.5, 0.6) is 0 Å². The molecular weight excluding hydrogens is 285 g/mol. The first-order valence-electron chi connectivity index (χ1n) is 7.12. The van der Waals surface area contributed by atoms with Crippen LogP contribution in [0, 0.1) is 5.92 Å². The minimum absolute atomic E-state index is 0.0352. The van der Waals surface area contributed by atoms with Gasteiger partial charge in [-0.05, 0) is 32.1 Å². The molecule has 1 saturated heterocycles. The van der Waals surface area contributed by atoms with E-state index in [1.807, 2.05) is 6.92 Å². The molecule has 0 bridgehead atoms. The lowest BCUT2D eigenvalue weighted by Crippen LogP contribution is -2.43. The zero-order chi connectivity index (χ0) is 15.6. The molecule has 2 rings (SSSR count). The molecule has 2 amide bonds. The molecule has 0 aromatic heterocycles. The first-order valence-corrected chi connectivity index (χ1v) is 7.12. The second-order valence-electron chi connectivity index (χ2n) is 5.63. The summed E-state index contributed by atoms with van der Waals surface area (Å²) in [4.78, 5) is 25.6. The lowest BCUT2D eigenvalue weighted by molar-refractivity contribution is -0.185. The molecule has 4 nitrogen and oxygen atoms in total. The van der Waals surface area contributed by atoms with Gasteiger partial charge in [-0.25, -0.2) is 0 Å². The molecule has 2 aliphatic rings. The minimum atomic E-state index is -4.85. The monoisotopic (exact) mass is 304 g/mol. The van der Waals surface area contributed by atoms with Crippen LogP contribution in [0.3, 0.4) is 0 Å². The number of nitrogens with zero attached hydrogens (tertiary/aromatic N) is 2. The maximum atomic E-state index is 12.4. The number of hydrogen-bond acceptors (Lipinski definition) is 2. The first kappa shape index (κ1) is 15.9. The normalized spacial score (nSPS) is 21.2. The number of carbonyl (C=O) groups excluding carboxylic acids is 2. The molecule has 0 aromatic carbocycles. The number of rotatable bonds is 2. The van der Waals surface area contributed by atoms with Crippen molar-refractivity contribution in [2.75, 3.05) is 26.2 Å². The van der Waals surface area contributed by atoms with Crippen LogP contribution in [0.25, 0.3) is 0 Å². The largest absolute Gasteiger partial charge is 0.471 e. The minimum Gasteiger partial charge on any atom is -0.337 e. The molecule has 0 radical (unpaired) electrons. The third-order valence-electron chi connectivity index (χ3n) is 3.91. The van der Waals surface area contributed by atoms with Crippen molar-refractivity contribution in [3.8, 4) is 0 Å². The number of allylic oxidation sites excluding steroid dienone is 1. The molecule has 118 valence electrons. The summed E-state index contributed by atoms with van der Waals surface area (Å²) in [6.45, 7) is 2.41. The van der Waals surface area contributed by atoms with E-state index in [2.05, 4.69) is 0 Å². The van der Waals surface area contributed by atoms with Crippen LogP contribution >= 0.6 is 0 Å². The maximum absolute atomic E-state index is 12.4. The van der Waals surface area contributed by atoms with Gasteiger partial charge in [0.15, 0.2) is 0 Å². The second kappa shape index (κ2) is 6.07. The summed E-state index contributed by atoms with van der Waals surface area (Å²) in [6.07, 6.45) is -0.697. The Bertz CT molecular complexity index is 456. The fourth-order valence-corrected chi connectivity index (χ4v) is 2.46. The highest BCUT2D eigenvalue weighted by Gasteiger charge is 2.42. The predicted molar refractivity (Wildman–Crippen MR) is 70.3 cm³/mol. The van der Waals surface area contributed by atoms with Gasteiger partial charge in [-0.2, -0.15) is 13.2 Å². The maximum Gasteiger partial charge on any atom is 0.471 e. The van der Waals surface area contributed by atoms with Crippen molar-refractivity contribution in [3.05, 3.63) is 11.6 Å². The Kier molecular flexibility index (Phi) is 4.58. The van der Waals surface area contributed by atoms with E-state index in [-0.39, 0.29) is 25.5 Å². The molecule has 1 aliphatic carbocycles. The van der Waals surface area contributed by atoms with Crippen molar-refractivity contribution in [2.24, 2.45) is 5.92 Å². The summed E-state index contributed by atoms with van der Waals surface area (Å²) in [5, 5.41) is 0. The van der Waals surface area contributed by atoms with E-state index in [1.54, 1.807) is 6.08 Å². The van der Waals surface area contributed by atoms with Gasteiger partial charge < -0.3 is 9.80 Å². The van der Waals surface area contributed by atoms with E-state index in [4.69, 9.17) is 0 Å². The van der Waals surface area contributed by atoms with Gasteiger partial charge in [0.25, 0.3) is 0 Å². The van der Waals surface area contributed by atoms with Crippen LogP contribution in [0.2, 0.25) is 0 Å². The molecule has 0 spiro atoms. The highest BCUT2D eigenvalue weighted by Crippen LogP contribution is 2.36.